The molecule has 0 unspecified atom stereocenters. The van der Waals surface area contributed by atoms with E-state index in [0.717, 1.165) is 49.5 Å². The van der Waals surface area contributed by atoms with Crippen LogP contribution in [-0.4, -0.2) is 12.1 Å². The van der Waals surface area contributed by atoms with Crippen molar-refractivity contribution >= 4 is 16.7 Å². The zero-order valence-electron chi connectivity index (χ0n) is 21.1. The summed E-state index contributed by atoms with van der Waals surface area (Å²) >= 11 is 0. The minimum atomic E-state index is -4.86. The Morgan fingerprint density at radius 1 is 0.973 bits per heavy atom. The Labute approximate surface area is 215 Å². The number of esters is 1. The minimum absolute atomic E-state index is 0.0797. The maximum Gasteiger partial charge on any atom is 0.458 e. The Bertz CT molecular complexity index is 1160. The monoisotopic (exact) mass is 520 g/mol. The summed E-state index contributed by atoms with van der Waals surface area (Å²) < 4.78 is 71.5. The second-order valence-corrected chi connectivity index (χ2v) is 10.6. The molecule has 37 heavy (non-hydrogen) atoms. The highest BCUT2D eigenvalue weighted by atomic mass is 19.4. The van der Waals surface area contributed by atoms with Crippen molar-refractivity contribution in [1.29, 1.82) is 0 Å². The first-order valence-electron chi connectivity index (χ1n) is 13.4. The average molecular weight is 521 g/mol. The smallest absolute Gasteiger partial charge is 0.426 e. The van der Waals surface area contributed by atoms with Crippen LogP contribution in [0.4, 0.5) is 22.0 Å². The quantitative estimate of drug-likeness (QED) is 0.165. The molecule has 2 aromatic rings. The van der Waals surface area contributed by atoms with Crippen LogP contribution in [0.3, 0.4) is 0 Å². The van der Waals surface area contributed by atoms with Gasteiger partial charge in [-0.15, -0.1) is 0 Å². The van der Waals surface area contributed by atoms with Gasteiger partial charge in [-0.1, -0.05) is 44.9 Å². The second-order valence-electron chi connectivity index (χ2n) is 10.6. The molecule has 0 radical (unpaired) electrons. The molecule has 0 saturated heterocycles. The molecule has 0 atom stereocenters. The maximum absolute atomic E-state index is 14.6. The van der Waals surface area contributed by atoms with E-state index in [0.29, 0.717) is 5.92 Å². The fourth-order valence-corrected chi connectivity index (χ4v) is 6.09. The van der Waals surface area contributed by atoms with Gasteiger partial charge >= 0.3 is 12.1 Å². The first kappa shape index (κ1) is 27.4. The van der Waals surface area contributed by atoms with E-state index in [1.165, 1.54) is 69.1 Å². The van der Waals surface area contributed by atoms with Gasteiger partial charge in [0, 0.05) is 11.3 Å². The molecule has 0 spiro atoms. The zero-order chi connectivity index (χ0) is 26.6. The van der Waals surface area contributed by atoms with Crippen LogP contribution in [0.2, 0.25) is 0 Å². The Morgan fingerprint density at radius 3 is 2.24 bits per heavy atom. The lowest BCUT2D eigenvalue weighted by molar-refractivity contribution is -0.140. The fraction of sp³-hybridized carbons (Fsp3) is 0.567. The van der Waals surface area contributed by atoms with Gasteiger partial charge in [-0.2, -0.15) is 13.2 Å². The van der Waals surface area contributed by atoms with E-state index < -0.39 is 23.4 Å². The lowest BCUT2D eigenvalue weighted by Crippen LogP contribution is -2.30. The third kappa shape index (κ3) is 7.03. The predicted molar refractivity (Wildman–Crippen MR) is 133 cm³/mol. The minimum Gasteiger partial charge on any atom is -0.426 e. The molecule has 2 aliphatic rings. The molecule has 2 saturated carbocycles. The van der Waals surface area contributed by atoms with E-state index in [1.54, 1.807) is 0 Å². The predicted octanol–water partition coefficient (Wildman–Crippen LogP) is 8.74. The highest BCUT2D eigenvalue weighted by Crippen LogP contribution is 2.42. The molecule has 2 fully saturated rings. The van der Waals surface area contributed by atoms with Crippen LogP contribution in [0.15, 0.2) is 24.3 Å². The summed E-state index contributed by atoms with van der Waals surface area (Å²) in [7, 11) is 0. The van der Waals surface area contributed by atoms with Crippen molar-refractivity contribution in [2.45, 2.75) is 83.7 Å². The van der Waals surface area contributed by atoms with Crippen molar-refractivity contribution in [1.82, 2.24) is 0 Å². The standard InChI is InChI=1S/C30H33F5O2/c1-2-3-4-19-5-7-20(8-6-19)21-9-11-22(12-10-21)29(36)37-24-13-14-25-23(17-24)18-27(31)26(28(25)32)15-16-30(33,34)35/h13-14,17-22H,2-12H2,1H3. The molecule has 2 nitrogen and oxygen atoms in total. The number of fused-ring (bicyclic) bond motifs is 1. The number of hydrogen-bond donors (Lipinski definition) is 0. The van der Waals surface area contributed by atoms with Crippen molar-refractivity contribution in [2.24, 2.45) is 23.7 Å². The van der Waals surface area contributed by atoms with Crippen LogP contribution in [0, 0.1) is 47.1 Å². The SMILES string of the molecule is CCCCC1CCC(C2CCC(C(=O)Oc3ccc4c(F)c(C#CC(F)(F)F)c(F)cc4c3)CC2)CC1. The molecule has 0 N–H and O–H groups in total. The molecular formula is C30H33F5O2. The topological polar surface area (TPSA) is 26.3 Å². The molecule has 200 valence electrons. The summed E-state index contributed by atoms with van der Waals surface area (Å²) in [6, 6.07) is 4.85. The summed E-state index contributed by atoms with van der Waals surface area (Å²) in [5.41, 5.74) is -0.944. The maximum atomic E-state index is 14.6. The zero-order valence-corrected chi connectivity index (χ0v) is 21.1. The van der Waals surface area contributed by atoms with Crippen LogP contribution in [-0.2, 0) is 4.79 Å². The van der Waals surface area contributed by atoms with E-state index in [2.05, 4.69) is 6.92 Å². The summed E-state index contributed by atoms with van der Waals surface area (Å²) in [4.78, 5) is 12.8. The van der Waals surface area contributed by atoms with Crippen molar-refractivity contribution in [3.63, 3.8) is 0 Å². The number of hydrogen-bond acceptors (Lipinski definition) is 2. The van der Waals surface area contributed by atoms with E-state index >= 15 is 0 Å². The van der Waals surface area contributed by atoms with E-state index in [4.69, 9.17) is 4.74 Å². The largest absolute Gasteiger partial charge is 0.458 e. The van der Waals surface area contributed by atoms with Gasteiger partial charge < -0.3 is 4.74 Å². The normalized spacial score (nSPS) is 24.4. The van der Waals surface area contributed by atoms with Crippen LogP contribution >= 0.6 is 0 Å². The highest BCUT2D eigenvalue weighted by molar-refractivity contribution is 5.87. The van der Waals surface area contributed by atoms with Gasteiger partial charge in [0.05, 0.1) is 11.5 Å². The summed E-state index contributed by atoms with van der Waals surface area (Å²) in [5.74, 6) is 1.93. The molecule has 0 heterocycles. The highest BCUT2D eigenvalue weighted by Gasteiger charge is 2.33. The number of ether oxygens (including phenoxy) is 1. The van der Waals surface area contributed by atoms with Gasteiger partial charge in [0.2, 0.25) is 0 Å². The molecule has 0 aromatic heterocycles. The summed E-state index contributed by atoms with van der Waals surface area (Å²) in [5, 5.41) is -0.0197. The Balaban J connectivity index is 1.34. The molecular weight excluding hydrogens is 487 g/mol. The van der Waals surface area contributed by atoms with Gasteiger partial charge in [0.15, 0.2) is 0 Å². The molecule has 0 amide bonds. The van der Waals surface area contributed by atoms with Crippen molar-refractivity contribution in [3.05, 3.63) is 41.5 Å². The number of unbranched alkanes of at least 4 members (excludes halogenated alkanes) is 1. The molecule has 0 bridgehead atoms. The summed E-state index contributed by atoms with van der Waals surface area (Å²) in [6.45, 7) is 2.24. The van der Waals surface area contributed by atoms with E-state index in [9.17, 15) is 26.7 Å². The third-order valence-corrected chi connectivity index (χ3v) is 8.18. The number of rotatable bonds is 6. The van der Waals surface area contributed by atoms with E-state index in [-0.39, 0.29) is 28.4 Å². The number of carbonyl (C=O) groups excluding carboxylic acids is 1. The van der Waals surface area contributed by atoms with Gasteiger partial charge in [-0.3, -0.25) is 4.79 Å². The van der Waals surface area contributed by atoms with Crippen LogP contribution in [0.25, 0.3) is 10.8 Å². The van der Waals surface area contributed by atoms with Crippen LogP contribution in [0.5, 0.6) is 5.75 Å². The first-order valence-corrected chi connectivity index (χ1v) is 13.4. The van der Waals surface area contributed by atoms with Crippen molar-refractivity contribution in [2.75, 3.05) is 0 Å². The first-order chi connectivity index (χ1) is 17.6. The third-order valence-electron chi connectivity index (χ3n) is 8.18. The summed E-state index contributed by atoms with van der Waals surface area (Å²) in [6.07, 6.45) is 7.88. The number of alkyl halides is 3. The second kappa shape index (κ2) is 11.8. The Morgan fingerprint density at radius 2 is 1.62 bits per heavy atom. The Kier molecular flexibility index (Phi) is 8.77. The van der Waals surface area contributed by atoms with Crippen molar-refractivity contribution < 1.29 is 31.5 Å². The number of halogens is 5. The molecule has 0 aliphatic heterocycles. The Hall–Kier alpha value is -2.62. The molecule has 2 aliphatic carbocycles. The van der Waals surface area contributed by atoms with Gasteiger partial charge in [0.1, 0.15) is 17.4 Å². The fourth-order valence-electron chi connectivity index (χ4n) is 6.09. The molecule has 4 rings (SSSR count). The van der Waals surface area contributed by atoms with E-state index in [1.807, 2.05) is 0 Å². The van der Waals surface area contributed by atoms with Crippen LogP contribution < -0.4 is 4.74 Å². The molecule has 2 aromatic carbocycles. The molecule has 7 heteroatoms. The van der Waals surface area contributed by atoms with Gasteiger partial charge in [-0.25, -0.2) is 8.78 Å². The lowest BCUT2D eigenvalue weighted by atomic mass is 9.68. The van der Waals surface area contributed by atoms with Gasteiger partial charge in [-0.05, 0) is 85.9 Å². The average Bonchev–Trinajstić information content (AvgIpc) is 2.87. The number of benzene rings is 2. The number of carbonyl (C=O) groups is 1. The van der Waals surface area contributed by atoms with Crippen LogP contribution in [0.1, 0.15) is 83.1 Å². The van der Waals surface area contributed by atoms with Crippen molar-refractivity contribution in [3.8, 4) is 17.6 Å². The lowest BCUT2D eigenvalue weighted by Gasteiger charge is -2.37. The van der Waals surface area contributed by atoms with Gasteiger partial charge in [0.25, 0.3) is 0 Å².